The topological polar surface area (TPSA) is 90.3 Å². The normalized spacial score (nSPS) is 12.0. The first-order chi connectivity index (χ1) is 16.0. The van der Waals surface area contributed by atoms with E-state index in [0.29, 0.717) is 17.1 Å². The van der Waals surface area contributed by atoms with Crippen molar-refractivity contribution in [1.82, 2.24) is 14.3 Å². The Labute approximate surface area is 199 Å². The second-order valence-corrected chi connectivity index (χ2v) is 11.0. The predicted molar refractivity (Wildman–Crippen MR) is 133 cm³/mol. The Hall–Kier alpha value is -3.65. The molecule has 8 heteroatoms. The van der Waals surface area contributed by atoms with Crippen molar-refractivity contribution in [3.8, 4) is 16.9 Å². The van der Waals surface area contributed by atoms with E-state index in [1.54, 1.807) is 49.5 Å². The lowest BCUT2D eigenvalue weighted by Crippen LogP contribution is -2.42. The van der Waals surface area contributed by atoms with Gasteiger partial charge in [-0.05, 0) is 87.7 Å². The number of ether oxygens (including phenoxy) is 1. The molecule has 0 saturated carbocycles. The standard InChI is InChI=1S/C26H27N3O4S/c1-17-15-19(11-12-23(17)33-25(30)28-26(3,4)5)21-13-14-27-24-22(21)16-18(2)29(24)34(31,32)20-9-7-6-8-10-20/h6-16H,1-5H3,(H,28,30). The Morgan fingerprint density at radius 3 is 2.35 bits per heavy atom. The lowest BCUT2D eigenvalue weighted by Gasteiger charge is -2.20. The van der Waals surface area contributed by atoms with Crippen molar-refractivity contribution >= 4 is 27.1 Å². The van der Waals surface area contributed by atoms with Gasteiger partial charge in [-0.1, -0.05) is 24.3 Å². The lowest BCUT2D eigenvalue weighted by molar-refractivity contribution is 0.190. The van der Waals surface area contributed by atoms with Gasteiger partial charge in [0.05, 0.1) is 4.90 Å². The van der Waals surface area contributed by atoms with Gasteiger partial charge in [0.25, 0.3) is 10.0 Å². The van der Waals surface area contributed by atoms with Crippen molar-refractivity contribution in [2.24, 2.45) is 0 Å². The molecule has 0 atom stereocenters. The first kappa shape index (κ1) is 23.5. The molecule has 2 aromatic carbocycles. The van der Waals surface area contributed by atoms with E-state index in [1.165, 1.54) is 3.97 Å². The number of nitrogens with zero attached hydrogens (tertiary/aromatic N) is 2. The summed E-state index contributed by atoms with van der Waals surface area (Å²) in [5, 5.41) is 3.49. The smallest absolute Gasteiger partial charge is 0.410 e. The minimum absolute atomic E-state index is 0.202. The van der Waals surface area contributed by atoms with Crippen LogP contribution in [0.25, 0.3) is 22.2 Å². The highest BCUT2D eigenvalue weighted by molar-refractivity contribution is 7.90. The van der Waals surface area contributed by atoms with Gasteiger partial charge in [0.2, 0.25) is 0 Å². The Morgan fingerprint density at radius 2 is 1.71 bits per heavy atom. The molecule has 0 spiro atoms. The number of aromatic nitrogens is 2. The summed E-state index contributed by atoms with van der Waals surface area (Å²) in [4.78, 5) is 16.8. The van der Waals surface area contributed by atoms with Crippen LogP contribution in [0.4, 0.5) is 4.79 Å². The molecular weight excluding hydrogens is 450 g/mol. The highest BCUT2D eigenvalue weighted by atomic mass is 32.2. The van der Waals surface area contributed by atoms with Gasteiger partial charge in [-0.3, -0.25) is 0 Å². The van der Waals surface area contributed by atoms with Crippen LogP contribution < -0.4 is 10.1 Å². The van der Waals surface area contributed by atoms with Crippen molar-refractivity contribution in [1.29, 1.82) is 0 Å². The number of benzene rings is 2. The van der Waals surface area contributed by atoms with Crippen LogP contribution in [0.15, 0.2) is 71.8 Å². The number of amides is 1. The minimum atomic E-state index is -3.81. The van der Waals surface area contributed by atoms with Crippen LogP contribution in [0.5, 0.6) is 5.75 Å². The van der Waals surface area contributed by atoms with Gasteiger partial charge in [-0.2, -0.15) is 0 Å². The molecule has 0 aliphatic carbocycles. The molecule has 0 saturated heterocycles. The van der Waals surface area contributed by atoms with Gasteiger partial charge < -0.3 is 10.1 Å². The predicted octanol–water partition coefficient (Wildman–Crippen LogP) is 5.44. The summed E-state index contributed by atoms with van der Waals surface area (Å²) in [6.07, 6.45) is 1.08. The molecule has 7 nitrogen and oxygen atoms in total. The van der Waals surface area contributed by atoms with E-state index in [-0.39, 0.29) is 4.90 Å². The summed E-state index contributed by atoms with van der Waals surface area (Å²) in [6.45, 7) is 9.25. The SMILES string of the molecule is Cc1cc(-c2ccnc3c2cc(C)n3S(=O)(=O)c2ccccc2)ccc1OC(=O)NC(C)(C)C. The molecule has 2 heterocycles. The zero-order chi connectivity index (χ0) is 24.7. The third-order valence-electron chi connectivity index (χ3n) is 5.28. The molecule has 34 heavy (non-hydrogen) atoms. The number of carbonyl (C=O) groups is 1. The van der Waals surface area contributed by atoms with Crippen molar-refractivity contribution in [3.05, 3.63) is 78.1 Å². The highest BCUT2D eigenvalue weighted by Gasteiger charge is 2.23. The molecule has 176 valence electrons. The maximum absolute atomic E-state index is 13.3. The maximum atomic E-state index is 13.3. The third kappa shape index (κ3) is 4.54. The molecule has 4 rings (SSSR count). The summed E-state index contributed by atoms with van der Waals surface area (Å²) in [5.74, 6) is 0.455. The van der Waals surface area contributed by atoms with Gasteiger partial charge in [0.15, 0.2) is 5.65 Å². The Morgan fingerprint density at radius 1 is 1.00 bits per heavy atom. The number of aryl methyl sites for hydroxylation is 2. The number of carbonyl (C=O) groups excluding carboxylic acids is 1. The molecule has 4 aromatic rings. The van der Waals surface area contributed by atoms with Gasteiger partial charge in [0.1, 0.15) is 5.75 Å². The van der Waals surface area contributed by atoms with Crippen LogP contribution in [0, 0.1) is 13.8 Å². The number of pyridine rings is 1. The van der Waals surface area contributed by atoms with Gasteiger partial charge in [-0.25, -0.2) is 22.2 Å². The molecule has 1 N–H and O–H groups in total. The summed E-state index contributed by atoms with van der Waals surface area (Å²) < 4.78 is 33.4. The van der Waals surface area contributed by atoms with Crippen molar-refractivity contribution in [3.63, 3.8) is 0 Å². The maximum Gasteiger partial charge on any atom is 0.413 e. The Balaban J connectivity index is 1.75. The van der Waals surface area contributed by atoms with Crippen LogP contribution in [0.1, 0.15) is 32.0 Å². The summed E-state index contributed by atoms with van der Waals surface area (Å²) >= 11 is 0. The second-order valence-electron chi connectivity index (χ2n) is 9.21. The number of hydrogen-bond acceptors (Lipinski definition) is 5. The summed E-state index contributed by atoms with van der Waals surface area (Å²) in [6, 6.07) is 17.5. The molecule has 0 radical (unpaired) electrons. The van der Waals surface area contributed by atoms with Gasteiger partial charge in [0, 0.05) is 22.8 Å². The fourth-order valence-electron chi connectivity index (χ4n) is 3.82. The van der Waals surface area contributed by atoms with E-state index in [9.17, 15) is 13.2 Å². The fourth-order valence-corrected chi connectivity index (χ4v) is 5.33. The average Bonchev–Trinajstić information content (AvgIpc) is 3.11. The quantitative estimate of drug-likeness (QED) is 0.422. The van der Waals surface area contributed by atoms with Crippen molar-refractivity contribution in [2.75, 3.05) is 0 Å². The zero-order valence-electron chi connectivity index (χ0n) is 19.8. The van der Waals surface area contributed by atoms with E-state index in [1.807, 2.05) is 52.0 Å². The molecule has 0 aliphatic rings. The molecule has 1 amide bonds. The second kappa shape index (κ2) is 8.61. The molecule has 0 bridgehead atoms. The van der Waals surface area contributed by atoms with Gasteiger partial charge >= 0.3 is 6.09 Å². The monoisotopic (exact) mass is 477 g/mol. The largest absolute Gasteiger partial charge is 0.413 e. The number of rotatable bonds is 4. The molecular formula is C26H27N3O4S. The molecule has 0 fully saturated rings. The third-order valence-corrected chi connectivity index (χ3v) is 7.09. The number of fused-ring (bicyclic) bond motifs is 1. The lowest BCUT2D eigenvalue weighted by atomic mass is 10.0. The summed E-state index contributed by atoms with van der Waals surface area (Å²) in [5.41, 5.74) is 3.00. The number of nitrogens with one attached hydrogen (secondary N) is 1. The van der Waals surface area contributed by atoms with Gasteiger partial charge in [-0.15, -0.1) is 0 Å². The molecule has 0 unspecified atom stereocenters. The van der Waals surface area contributed by atoms with E-state index in [2.05, 4.69) is 10.3 Å². The van der Waals surface area contributed by atoms with E-state index < -0.39 is 21.7 Å². The Bertz CT molecular complexity index is 1480. The van der Waals surface area contributed by atoms with Crippen LogP contribution in [-0.2, 0) is 10.0 Å². The van der Waals surface area contributed by atoms with E-state index in [0.717, 1.165) is 22.1 Å². The fraction of sp³-hybridized carbons (Fsp3) is 0.231. The van der Waals surface area contributed by atoms with E-state index >= 15 is 0 Å². The van der Waals surface area contributed by atoms with E-state index in [4.69, 9.17) is 4.74 Å². The first-order valence-electron chi connectivity index (χ1n) is 10.9. The Kier molecular flexibility index (Phi) is 5.95. The zero-order valence-corrected chi connectivity index (χ0v) is 20.6. The van der Waals surface area contributed by atoms with Crippen LogP contribution >= 0.6 is 0 Å². The van der Waals surface area contributed by atoms with Crippen LogP contribution in [-0.4, -0.2) is 29.0 Å². The highest BCUT2D eigenvalue weighted by Crippen LogP contribution is 2.34. The van der Waals surface area contributed by atoms with Crippen molar-refractivity contribution in [2.45, 2.75) is 45.1 Å². The average molecular weight is 478 g/mol. The first-order valence-corrected chi connectivity index (χ1v) is 12.3. The summed E-state index contributed by atoms with van der Waals surface area (Å²) in [7, 11) is -3.81. The van der Waals surface area contributed by atoms with Crippen molar-refractivity contribution < 1.29 is 17.9 Å². The molecule has 2 aromatic heterocycles. The minimum Gasteiger partial charge on any atom is -0.410 e. The molecule has 0 aliphatic heterocycles. The van der Waals surface area contributed by atoms with Crippen LogP contribution in [0.2, 0.25) is 0 Å². The van der Waals surface area contributed by atoms with Crippen LogP contribution in [0.3, 0.4) is 0 Å². The number of hydrogen-bond donors (Lipinski definition) is 1.